The minimum absolute atomic E-state index is 0.329. The lowest BCUT2D eigenvalue weighted by molar-refractivity contribution is 0.819. The van der Waals surface area contributed by atoms with Gasteiger partial charge in [-0.2, -0.15) is 0 Å². The lowest BCUT2D eigenvalue weighted by Crippen LogP contribution is -2.13. The first kappa shape index (κ1) is 14.8. The number of hydrogen-bond donors (Lipinski definition) is 0. The van der Waals surface area contributed by atoms with E-state index in [9.17, 15) is 0 Å². The molecular weight excluding hydrogens is 240 g/mol. The SMILES string of the molecule is C=CC(C)(Cl)c1ccccc1C(C)/C=C\C=C/C. The molecule has 0 spiro atoms. The van der Waals surface area contributed by atoms with Crippen molar-refractivity contribution in [2.75, 3.05) is 0 Å². The summed E-state index contributed by atoms with van der Waals surface area (Å²) in [4.78, 5) is -0.515. The molecule has 0 nitrogen and oxygen atoms in total. The van der Waals surface area contributed by atoms with Crippen LogP contribution in [-0.4, -0.2) is 0 Å². The van der Waals surface area contributed by atoms with Crippen LogP contribution >= 0.6 is 11.6 Å². The van der Waals surface area contributed by atoms with Crippen molar-refractivity contribution in [1.29, 1.82) is 0 Å². The van der Waals surface area contributed by atoms with Gasteiger partial charge < -0.3 is 0 Å². The molecule has 1 rings (SSSR count). The summed E-state index contributed by atoms with van der Waals surface area (Å²) in [5.41, 5.74) is 2.37. The number of halogens is 1. The van der Waals surface area contributed by atoms with Crippen LogP contribution in [0.25, 0.3) is 0 Å². The number of hydrogen-bond acceptors (Lipinski definition) is 0. The average molecular weight is 261 g/mol. The topological polar surface area (TPSA) is 0 Å². The van der Waals surface area contributed by atoms with E-state index in [1.165, 1.54) is 5.56 Å². The zero-order valence-electron chi connectivity index (χ0n) is 11.4. The summed E-state index contributed by atoms with van der Waals surface area (Å²) in [5, 5.41) is 0. The van der Waals surface area contributed by atoms with E-state index in [-0.39, 0.29) is 0 Å². The predicted octanol–water partition coefficient (Wildman–Crippen LogP) is 5.56. The van der Waals surface area contributed by atoms with Crippen LogP contribution in [0.2, 0.25) is 0 Å². The molecule has 0 radical (unpaired) electrons. The normalized spacial score (nSPS) is 16.9. The number of rotatable bonds is 5. The van der Waals surface area contributed by atoms with Crippen molar-refractivity contribution in [1.82, 2.24) is 0 Å². The Balaban J connectivity index is 3.13. The van der Waals surface area contributed by atoms with Gasteiger partial charge in [-0.1, -0.05) is 61.6 Å². The summed E-state index contributed by atoms with van der Waals surface area (Å²) in [6.45, 7) is 9.98. The second-order valence-corrected chi connectivity index (χ2v) is 5.35. The lowest BCUT2D eigenvalue weighted by Gasteiger charge is -2.23. The maximum absolute atomic E-state index is 6.50. The summed E-state index contributed by atoms with van der Waals surface area (Å²) in [6, 6.07) is 8.27. The minimum Gasteiger partial charge on any atom is -0.110 e. The van der Waals surface area contributed by atoms with E-state index in [2.05, 4.69) is 43.9 Å². The van der Waals surface area contributed by atoms with Gasteiger partial charge in [0.15, 0.2) is 0 Å². The van der Waals surface area contributed by atoms with Crippen molar-refractivity contribution in [3.05, 3.63) is 72.4 Å². The van der Waals surface area contributed by atoms with E-state index in [0.29, 0.717) is 5.92 Å². The molecule has 96 valence electrons. The molecule has 0 N–H and O–H groups in total. The molecule has 0 saturated carbocycles. The second-order valence-electron chi connectivity index (χ2n) is 4.57. The lowest BCUT2D eigenvalue weighted by atomic mass is 9.88. The van der Waals surface area contributed by atoms with Gasteiger partial charge in [0.2, 0.25) is 0 Å². The highest BCUT2D eigenvalue weighted by Gasteiger charge is 2.23. The fraction of sp³-hybridized carbons (Fsp3) is 0.294. The highest BCUT2D eigenvalue weighted by Crippen LogP contribution is 2.35. The zero-order valence-corrected chi connectivity index (χ0v) is 12.1. The van der Waals surface area contributed by atoms with E-state index in [4.69, 9.17) is 11.6 Å². The Hall–Kier alpha value is -1.27. The average Bonchev–Trinajstić information content (AvgIpc) is 2.39. The zero-order chi connectivity index (χ0) is 13.6. The monoisotopic (exact) mass is 260 g/mol. The van der Waals surface area contributed by atoms with Gasteiger partial charge in [0.1, 0.15) is 0 Å². The first-order chi connectivity index (χ1) is 8.53. The largest absolute Gasteiger partial charge is 0.110 e. The fourth-order valence-electron chi connectivity index (χ4n) is 1.89. The van der Waals surface area contributed by atoms with Crippen LogP contribution in [0.5, 0.6) is 0 Å². The molecule has 0 fully saturated rings. The van der Waals surface area contributed by atoms with Crippen molar-refractivity contribution in [2.24, 2.45) is 0 Å². The number of benzene rings is 1. The maximum Gasteiger partial charge on any atom is 0.0847 e. The van der Waals surface area contributed by atoms with Gasteiger partial charge in [-0.25, -0.2) is 0 Å². The van der Waals surface area contributed by atoms with E-state index in [0.717, 1.165) is 5.56 Å². The van der Waals surface area contributed by atoms with Gasteiger partial charge in [0, 0.05) is 0 Å². The van der Waals surface area contributed by atoms with Gasteiger partial charge in [0.05, 0.1) is 4.87 Å². The van der Waals surface area contributed by atoms with Crippen molar-refractivity contribution < 1.29 is 0 Å². The summed E-state index contributed by atoms with van der Waals surface area (Å²) in [5.74, 6) is 0.329. The molecule has 18 heavy (non-hydrogen) atoms. The smallest absolute Gasteiger partial charge is 0.0847 e. The maximum atomic E-state index is 6.50. The Morgan fingerprint density at radius 2 is 1.94 bits per heavy atom. The molecule has 0 aliphatic rings. The summed E-state index contributed by atoms with van der Waals surface area (Å²) < 4.78 is 0. The van der Waals surface area contributed by atoms with Crippen molar-refractivity contribution >= 4 is 11.6 Å². The second kappa shape index (κ2) is 6.61. The third kappa shape index (κ3) is 3.61. The summed E-state index contributed by atoms with van der Waals surface area (Å²) in [6.07, 6.45) is 10.1. The van der Waals surface area contributed by atoms with E-state index in [1.807, 2.05) is 32.1 Å². The Labute approximate surface area is 116 Å². The molecule has 0 aliphatic heterocycles. The van der Waals surface area contributed by atoms with Gasteiger partial charge in [0.25, 0.3) is 0 Å². The standard InChI is InChI=1S/C17H21Cl/c1-5-7-8-11-14(3)15-12-9-10-13-16(15)17(4,18)6-2/h5-14H,2H2,1,3-4H3/b7-5-,11-8-. The minimum atomic E-state index is -0.515. The van der Waals surface area contributed by atoms with Gasteiger partial charge >= 0.3 is 0 Å². The Morgan fingerprint density at radius 1 is 1.28 bits per heavy atom. The van der Waals surface area contributed by atoms with Gasteiger partial charge in [-0.15, -0.1) is 18.2 Å². The molecule has 0 aromatic heterocycles. The van der Waals surface area contributed by atoms with Crippen LogP contribution in [0, 0.1) is 0 Å². The first-order valence-corrected chi connectivity index (χ1v) is 6.62. The number of alkyl halides is 1. The van der Waals surface area contributed by atoms with E-state index >= 15 is 0 Å². The summed E-state index contributed by atoms with van der Waals surface area (Å²) in [7, 11) is 0. The Morgan fingerprint density at radius 3 is 2.56 bits per heavy atom. The van der Waals surface area contributed by atoms with Crippen LogP contribution in [0.15, 0.2) is 61.2 Å². The molecule has 1 aromatic rings. The molecular formula is C17H21Cl. The quantitative estimate of drug-likeness (QED) is 0.369. The molecule has 0 amide bonds. The van der Waals surface area contributed by atoms with Gasteiger partial charge in [-0.05, 0) is 30.9 Å². The predicted molar refractivity (Wildman–Crippen MR) is 82.2 cm³/mol. The summed E-state index contributed by atoms with van der Waals surface area (Å²) >= 11 is 6.50. The molecule has 1 aromatic carbocycles. The fourth-order valence-corrected chi connectivity index (χ4v) is 2.07. The molecule has 0 bridgehead atoms. The van der Waals surface area contributed by atoms with E-state index in [1.54, 1.807) is 6.08 Å². The molecule has 2 unspecified atom stereocenters. The number of allylic oxidation sites excluding steroid dienone is 5. The molecule has 0 saturated heterocycles. The highest BCUT2D eigenvalue weighted by atomic mass is 35.5. The third-order valence-electron chi connectivity index (χ3n) is 3.06. The van der Waals surface area contributed by atoms with Crippen LogP contribution in [0.1, 0.15) is 37.8 Å². The van der Waals surface area contributed by atoms with Gasteiger partial charge in [-0.3, -0.25) is 0 Å². The first-order valence-electron chi connectivity index (χ1n) is 6.24. The van der Waals surface area contributed by atoms with Crippen molar-refractivity contribution in [3.8, 4) is 0 Å². The third-order valence-corrected chi connectivity index (χ3v) is 3.42. The van der Waals surface area contributed by atoms with Crippen LogP contribution in [-0.2, 0) is 4.87 Å². The van der Waals surface area contributed by atoms with Crippen molar-refractivity contribution in [2.45, 2.75) is 31.6 Å². The highest BCUT2D eigenvalue weighted by molar-refractivity contribution is 6.25. The van der Waals surface area contributed by atoms with Crippen LogP contribution in [0.4, 0.5) is 0 Å². The Bertz CT molecular complexity index is 452. The van der Waals surface area contributed by atoms with Crippen LogP contribution < -0.4 is 0 Å². The van der Waals surface area contributed by atoms with Crippen molar-refractivity contribution in [3.63, 3.8) is 0 Å². The molecule has 2 atom stereocenters. The molecule has 0 heterocycles. The molecule has 1 heteroatoms. The van der Waals surface area contributed by atoms with Crippen LogP contribution in [0.3, 0.4) is 0 Å². The molecule has 0 aliphatic carbocycles. The van der Waals surface area contributed by atoms with E-state index < -0.39 is 4.87 Å². The Kier molecular flexibility index (Phi) is 5.43.